The first kappa shape index (κ1) is 18.5. The van der Waals surface area contributed by atoms with Crippen LogP contribution in [0.4, 0.5) is 11.4 Å². The van der Waals surface area contributed by atoms with E-state index < -0.39 is 0 Å². The monoisotopic (exact) mass is 340 g/mol. The summed E-state index contributed by atoms with van der Waals surface area (Å²) in [6.45, 7) is 7.94. The summed E-state index contributed by atoms with van der Waals surface area (Å²) in [4.78, 5) is 24.0. The molecule has 0 saturated carbocycles. The Morgan fingerprint density at radius 1 is 1.04 bits per heavy atom. The average molecular weight is 340 g/mol. The smallest absolute Gasteiger partial charge is 0.255 e. The van der Waals surface area contributed by atoms with E-state index in [-0.39, 0.29) is 23.0 Å². The van der Waals surface area contributed by atoms with Gasteiger partial charge in [-0.1, -0.05) is 39.8 Å². The SMILES string of the molecule is CCC(=O)Nc1cccc(C(=O)Nc2cc(C(C)(C)C)ccc2O)c1. The maximum Gasteiger partial charge on any atom is 0.255 e. The van der Waals surface area contributed by atoms with Gasteiger partial charge in [-0.3, -0.25) is 9.59 Å². The number of rotatable bonds is 4. The number of aromatic hydroxyl groups is 1. The van der Waals surface area contributed by atoms with Gasteiger partial charge >= 0.3 is 0 Å². The second-order valence-electron chi connectivity index (χ2n) is 6.92. The lowest BCUT2D eigenvalue weighted by molar-refractivity contribution is -0.115. The lowest BCUT2D eigenvalue weighted by Gasteiger charge is -2.20. The zero-order valence-electron chi connectivity index (χ0n) is 15.0. The van der Waals surface area contributed by atoms with E-state index in [4.69, 9.17) is 0 Å². The standard InChI is InChI=1S/C20H24N2O3/c1-5-18(24)21-15-8-6-7-13(11-15)19(25)22-16-12-14(20(2,3)4)9-10-17(16)23/h6-12,23H,5H2,1-4H3,(H,21,24)(H,22,25). The van der Waals surface area contributed by atoms with E-state index in [0.29, 0.717) is 23.4 Å². The van der Waals surface area contributed by atoms with Gasteiger partial charge in [-0.15, -0.1) is 0 Å². The van der Waals surface area contributed by atoms with Crippen LogP contribution in [0.3, 0.4) is 0 Å². The third-order valence-corrected chi connectivity index (χ3v) is 3.84. The van der Waals surface area contributed by atoms with Gasteiger partial charge in [0.15, 0.2) is 0 Å². The summed E-state index contributed by atoms with van der Waals surface area (Å²) in [6, 6.07) is 11.9. The van der Waals surface area contributed by atoms with Gasteiger partial charge in [0.2, 0.25) is 5.91 Å². The summed E-state index contributed by atoms with van der Waals surface area (Å²) in [6.07, 6.45) is 0.365. The molecule has 0 aromatic heterocycles. The molecule has 25 heavy (non-hydrogen) atoms. The van der Waals surface area contributed by atoms with Gasteiger partial charge in [-0.2, -0.15) is 0 Å². The molecule has 5 heteroatoms. The van der Waals surface area contributed by atoms with E-state index in [0.717, 1.165) is 5.56 Å². The molecule has 0 aliphatic heterocycles. The number of nitrogens with one attached hydrogen (secondary N) is 2. The molecule has 2 aromatic rings. The highest BCUT2D eigenvalue weighted by molar-refractivity contribution is 6.06. The molecule has 2 rings (SSSR count). The van der Waals surface area contributed by atoms with Crippen molar-refractivity contribution in [3.63, 3.8) is 0 Å². The zero-order valence-corrected chi connectivity index (χ0v) is 15.0. The van der Waals surface area contributed by atoms with Crippen LogP contribution in [0.2, 0.25) is 0 Å². The molecule has 0 atom stereocenters. The van der Waals surface area contributed by atoms with Crippen molar-refractivity contribution in [2.24, 2.45) is 0 Å². The number of carbonyl (C=O) groups is 2. The van der Waals surface area contributed by atoms with Crippen LogP contribution in [0.1, 0.15) is 50.0 Å². The molecule has 0 heterocycles. The molecule has 0 radical (unpaired) electrons. The predicted octanol–water partition coefficient (Wildman–Crippen LogP) is 4.29. The van der Waals surface area contributed by atoms with E-state index in [1.54, 1.807) is 43.3 Å². The summed E-state index contributed by atoms with van der Waals surface area (Å²) < 4.78 is 0. The molecule has 0 saturated heterocycles. The van der Waals surface area contributed by atoms with E-state index in [2.05, 4.69) is 31.4 Å². The van der Waals surface area contributed by atoms with E-state index in [1.165, 1.54) is 0 Å². The molecule has 5 nitrogen and oxygen atoms in total. The quantitative estimate of drug-likeness (QED) is 0.727. The molecule has 132 valence electrons. The summed E-state index contributed by atoms with van der Waals surface area (Å²) >= 11 is 0. The Kier molecular flexibility index (Phi) is 5.47. The molecule has 0 aliphatic carbocycles. The van der Waals surface area contributed by atoms with Gasteiger partial charge < -0.3 is 15.7 Å². The van der Waals surface area contributed by atoms with Crippen molar-refractivity contribution in [2.75, 3.05) is 10.6 Å². The minimum atomic E-state index is -0.353. The Morgan fingerprint density at radius 2 is 1.76 bits per heavy atom. The topological polar surface area (TPSA) is 78.4 Å². The molecule has 3 N–H and O–H groups in total. The Hall–Kier alpha value is -2.82. The van der Waals surface area contributed by atoms with Crippen molar-refractivity contribution < 1.29 is 14.7 Å². The highest BCUT2D eigenvalue weighted by Gasteiger charge is 2.17. The fourth-order valence-corrected chi connectivity index (χ4v) is 2.28. The first-order chi connectivity index (χ1) is 11.7. The maximum absolute atomic E-state index is 12.5. The number of benzene rings is 2. The van der Waals surface area contributed by atoms with Crippen molar-refractivity contribution in [3.8, 4) is 5.75 Å². The minimum absolute atomic E-state index is 0.0109. The average Bonchev–Trinajstić information content (AvgIpc) is 2.55. The van der Waals surface area contributed by atoms with Crippen LogP contribution in [0.25, 0.3) is 0 Å². The number of phenols is 1. The summed E-state index contributed by atoms with van der Waals surface area (Å²) in [5.74, 6) is -0.459. The third kappa shape index (κ3) is 4.83. The molecule has 0 bridgehead atoms. The van der Waals surface area contributed by atoms with Crippen molar-refractivity contribution in [2.45, 2.75) is 39.5 Å². The van der Waals surface area contributed by atoms with Crippen molar-refractivity contribution in [3.05, 3.63) is 53.6 Å². The number of hydrogen-bond donors (Lipinski definition) is 3. The van der Waals surface area contributed by atoms with Crippen molar-refractivity contribution >= 4 is 23.2 Å². The van der Waals surface area contributed by atoms with Crippen LogP contribution in [-0.4, -0.2) is 16.9 Å². The molecule has 0 unspecified atom stereocenters. The molecule has 0 fully saturated rings. The number of carbonyl (C=O) groups excluding carboxylic acids is 2. The van der Waals surface area contributed by atoms with Gasteiger partial charge in [0, 0.05) is 17.7 Å². The highest BCUT2D eigenvalue weighted by atomic mass is 16.3. The lowest BCUT2D eigenvalue weighted by atomic mass is 9.87. The van der Waals surface area contributed by atoms with Crippen LogP contribution >= 0.6 is 0 Å². The van der Waals surface area contributed by atoms with Crippen molar-refractivity contribution in [1.82, 2.24) is 0 Å². The van der Waals surface area contributed by atoms with Crippen LogP contribution in [0, 0.1) is 0 Å². The Balaban J connectivity index is 2.23. The molecular formula is C20H24N2O3. The van der Waals surface area contributed by atoms with E-state index >= 15 is 0 Å². The summed E-state index contributed by atoms with van der Waals surface area (Å²) in [5, 5.41) is 15.5. The lowest BCUT2D eigenvalue weighted by Crippen LogP contribution is -2.15. The number of phenolic OH excluding ortho intramolecular Hbond substituents is 1. The zero-order chi connectivity index (χ0) is 18.6. The van der Waals surface area contributed by atoms with Gasteiger partial charge in [-0.05, 0) is 41.3 Å². The Labute approximate surface area is 148 Å². The summed E-state index contributed by atoms with van der Waals surface area (Å²) in [5.41, 5.74) is 2.23. The van der Waals surface area contributed by atoms with Gasteiger partial charge in [0.1, 0.15) is 5.75 Å². The first-order valence-corrected chi connectivity index (χ1v) is 8.25. The number of anilines is 2. The van der Waals surface area contributed by atoms with Gasteiger partial charge in [0.25, 0.3) is 5.91 Å². The highest BCUT2D eigenvalue weighted by Crippen LogP contribution is 2.31. The van der Waals surface area contributed by atoms with Gasteiger partial charge in [0.05, 0.1) is 5.69 Å². The predicted molar refractivity (Wildman–Crippen MR) is 100 cm³/mol. The van der Waals surface area contributed by atoms with Crippen LogP contribution in [0.15, 0.2) is 42.5 Å². The Bertz CT molecular complexity index is 792. The summed E-state index contributed by atoms with van der Waals surface area (Å²) in [7, 11) is 0. The largest absolute Gasteiger partial charge is 0.506 e. The molecule has 2 amide bonds. The van der Waals surface area contributed by atoms with Crippen LogP contribution in [-0.2, 0) is 10.2 Å². The molecule has 0 aliphatic rings. The van der Waals surface area contributed by atoms with E-state index in [9.17, 15) is 14.7 Å². The molecular weight excluding hydrogens is 316 g/mol. The molecule has 2 aromatic carbocycles. The fraction of sp³-hybridized carbons (Fsp3) is 0.300. The third-order valence-electron chi connectivity index (χ3n) is 3.84. The van der Waals surface area contributed by atoms with Crippen molar-refractivity contribution in [1.29, 1.82) is 0 Å². The van der Waals surface area contributed by atoms with Crippen LogP contribution in [0.5, 0.6) is 5.75 Å². The second-order valence-corrected chi connectivity index (χ2v) is 6.92. The first-order valence-electron chi connectivity index (χ1n) is 8.25. The van der Waals surface area contributed by atoms with Crippen LogP contribution < -0.4 is 10.6 Å². The normalized spacial score (nSPS) is 11.0. The van der Waals surface area contributed by atoms with E-state index in [1.807, 2.05) is 6.07 Å². The molecule has 0 spiro atoms. The minimum Gasteiger partial charge on any atom is -0.506 e. The maximum atomic E-state index is 12.5. The second kappa shape index (κ2) is 7.38. The number of amides is 2. The Morgan fingerprint density at radius 3 is 2.40 bits per heavy atom. The number of hydrogen-bond acceptors (Lipinski definition) is 3. The fourth-order valence-electron chi connectivity index (χ4n) is 2.28. The van der Waals surface area contributed by atoms with Gasteiger partial charge in [-0.25, -0.2) is 0 Å².